The van der Waals surface area contributed by atoms with Crippen LogP contribution in [0.2, 0.25) is 0 Å². The summed E-state index contributed by atoms with van der Waals surface area (Å²) < 4.78 is 42.2. The largest absolute Gasteiger partial charge is 0.328 e. The molecule has 0 aliphatic heterocycles. The second-order valence-electron chi connectivity index (χ2n) is 5.17. The van der Waals surface area contributed by atoms with E-state index in [-0.39, 0.29) is 10.7 Å². The highest BCUT2D eigenvalue weighted by Crippen LogP contribution is 2.11. The van der Waals surface area contributed by atoms with Gasteiger partial charge in [0.25, 0.3) is 5.84 Å². The molecule has 2 rings (SSSR count). The molecule has 2 aromatic rings. The van der Waals surface area contributed by atoms with E-state index in [0.29, 0.717) is 11.4 Å². The Labute approximate surface area is 130 Å². The highest BCUT2D eigenvalue weighted by Gasteiger charge is 2.24. The number of sulfonamides is 1. The number of amidine groups is 1. The Balaban J connectivity index is 2.38. The molecule has 116 valence electrons. The van der Waals surface area contributed by atoms with Crippen LogP contribution in [-0.4, -0.2) is 32.9 Å². The van der Waals surface area contributed by atoms with Crippen molar-refractivity contribution in [1.29, 1.82) is 0 Å². The zero-order valence-corrected chi connectivity index (χ0v) is 13.5. The van der Waals surface area contributed by atoms with Crippen molar-refractivity contribution < 1.29 is 17.4 Å². The van der Waals surface area contributed by atoms with Gasteiger partial charge in [-0.15, -0.1) is 0 Å². The minimum absolute atomic E-state index is 0.180. The van der Waals surface area contributed by atoms with Crippen LogP contribution in [0.25, 0.3) is 0 Å². The number of nitrogens with one attached hydrogen (secondary N) is 1. The maximum atomic E-state index is 13.0. The molecular weight excluding hydrogens is 303 g/mol. The van der Waals surface area contributed by atoms with Crippen molar-refractivity contribution in [1.82, 2.24) is 4.72 Å². The maximum Gasteiger partial charge on any atom is 0.328 e. The first-order chi connectivity index (χ1) is 10.3. The van der Waals surface area contributed by atoms with Gasteiger partial charge in [0.05, 0.1) is 19.7 Å². The summed E-state index contributed by atoms with van der Waals surface area (Å²) in [6, 6.07) is 12.2. The first kappa shape index (κ1) is 16.2. The Morgan fingerprint density at radius 1 is 1.00 bits per heavy atom. The number of hydrogen-bond donors (Lipinski definition) is 1. The Kier molecular flexibility index (Phi) is 4.61. The lowest BCUT2D eigenvalue weighted by Gasteiger charge is -2.08. The minimum Gasteiger partial charge on any atom is -0.266 e. The summed E-state index contributed by atoms with van der Waals surface area (Å²) >= 11 is 0. The van der Waals surface area contributed by atoms with Crippen LogP contribution in [0, 0.1) is 12.7 Å². The maximum absolute atomic E-state index is 13.0. The zero-order chi connectivity index (χ0) is 16.3. The average Bonchev–Trinajstić information content (AvgIpc) is 2.46. The molecule has 1 N–H and O–H groups in total. The molecule has 0 heterocycles. The summed E-state index contributed by atoms with van der Waals surface area (Å²) in [6.45, 7) is 1.89. The van der Waals surface area contributed by atoms with E-state index in [1.54, 1.807) is 42.9 Å². The molecule has 0 spiro atoms. The van der Waals surface area contributed by atoms with Gasteiger partial charge < -0.3 is 0 Å². The first-order valence-corrected chi connectivity index (χ1v) is 8.17. The molecule has 22 heavy (non-hydrogen) atoms. The molecule has 0 radical (unpaired) electrons. The molecule has 0 amide bonds. The van der Waals surface area contributed by atoms with Crippen molar-refractivity contribution in [3.8, 4) is 0 Å². The number of hydrogen-bond acceptors (Lipinski definition) is 2. The Hall–Kier alpha value is -2.21. The molecule has 2 aromatic carbocycles. The standard InChI is InChI=1S/C16H17FN2O2S/c1-12-4-10-15(11-5-12)22(20,21)18-16(19(2)3)13-6-8-14(17)9-7-13/h4-11H,1-3H3/p+1. The third kappa shape index (κ3) is 3.71. The smallest absolute Gasteiger partial charge is 0.266 e. The summed E-state index contributed by atoms with van der Waals surface area (Å²) in [5, 5.41) is 0. The van der Waals surface area contributed by atoms with E-state index in [9.17, 15) is 12.8 Å². The van der Waals surface area contributed by atoms with Crippen molar-refractivity contribution in [2.75, 3.05) is 14.1 Å². The van der Waals surface area contributed by atoms with Crippen LogP contribution in [0.1, 0.15) is 11.1 Å². The third-order valence-electron chi connectivity index (χ3n) is 3.13. The second-order valence-corrected chi connectivity index (χ2v) is 6.85. The zero-order valence-electron chi connectivity index (χ0n) is 12.7. The van der Waals surface area contributed by atoms with Crippen LogP contribution in [-0.2, 0) is 10.0 Å². The normalized spacial score (nSPS) is 11.1. The predicted molar refractivity (Wildman–Crippen MR) is 84.1 cm³/mol. The summed E-state index contributed by atoms with van der Waals surface area (Å²) in [5.74, 6) is 0.00354. The number of halogens is 1. The monoisotopic (exact) mass is 321 g/mol. The quantitative estimate of drug-likeness (QED) is 0.535. The van der Waals surface area contributed by atoms with Gasteiger partial charge >= 0.3 is 10.0 Å². The van der Waals surface area contributed by atoms with Gasteiger partial charge in [-0.25, -0.2) is 4.39 Å². The Morgan fingerprint density at radius 3 is 2.05 bits per heavy atom. The fourth-order valence-corrected chi connectivity index (χ4v) is 3.09. The molecule has 0 aromatic heterocycles. The average molecular weight is 321 g/mol. The predicted octanol–water partition coefficient (Wildman–Crippen LogP) is 2.13. The van der Waals surface area contributed by atoms with E-state index in [2.05, 4.69) is 4.72 Å². The van der Waals surface area contributed by atoms with E-state index >= 15 is 0 Å². The van der Waals surface area contributed by atoms with Crippen molar-refractivity contribution >= 4 is 15.9 Å². The summed E-state index contributed by atoms with van der Waals surface area (Å²) in [4.78, 5) is 0.180. The van der Waals surface area contributed by atoms with Crippen molar-refractivity contribution in [3.05, 3.63) is 65.5 Å². The van der Waals surface area contributed by atoms with Crippen LogP contribution >= 0.6 is 0 Å². The van der Waals surface area contributed by atoms with Crippen LogP contribution in [0.15, 0.2) is 53.4 Å². The van der Waals surface area contributed by atoms with Crippen molar-refractivity contribution in [2.24, 2.45) is 0 Å². The van der Waals surface area contributed by atoms with Gasteiger partial charge in [0, 0.05) is 0 Å². The van der Waals surface area contributed by atoms with E-state index in [0.717, 1.165) is 5.56 Å². The lowest BCUT2D eigenvalue weighted by atomic mass is 10.2. The van der Waals surface area contributed by atoms with E-state index in [1.807, 2.05) is 6.92 Å². The minimum atomic E-state index is -3.70. The molecule has 0 unspecified atom stereocenters. The summed E-state index contributed by atoms with van der Waals surface area (Å²) in [7, 11) is -0.265. The molecule has 0 aliphatic rings. The number of benzene rings is 2. The molecular formula is C16H18FN2O2S+. The second kappa shape index (κ2) is 6.27. The van der Waals surface area contributed by atoms with Gasteiger partial charge in [0.15, 0.2) is 0 Å². The lowest BCUT2D eigenvalue weighted by molar-refractivity contribution is -0.465. The van der Waals surface area contributed by atoms with E-state index in [1.165, 1.54) is 24.3 Å². The van der Waals surface area contributed by atoms with E-state index < -0.39 is 10.0 Å². The first-order valence-electron chi connectivity index (χ1n) is 6.69. The van der Waals surface area contributed by atoms with Gasteiger partial charge in [-0.1, -0.05) is 17.7 Å². The highest BCUT2D eigenvalue weighted by atomic mass is 32.2. The fourth-order valence-electron chi connectivity index (χ4n) is 1.92. The SMILES string of the molecule is Cc1ccc(S(=O)(=O)NC(c2ccc(F)cc2)=[N+](C)C)cc1. The number of aryl methyl sites for hydroxylation is 1. The summed E-state index contributed by atoms with van der Waals surface area (Å²) in [6.07, 6.45) is 0. The van der Waals surface area contributed by atoms with Gasteiger partial charge in [-0.2, -0.15) is 13.1 Å². The van der Waals surface area contributed by atoms with Gasteiger partial charge in [0.1, 0.15) is 10.7 Å². The molecule has 0 atom stereocenters. The molecule has 0 aliphatic carbocycles. The highest BCUT2D eigenvalue weighted by molar-refractivity contribution is 7.90. The van der Waals surface area contributed by atoms with Crippen LogP contribution in [0.3, 0.4) is 0 Å². The van der Waals surface area contributed by atoms with Crippen LogP contribution in [0.4, 0.5) is 4.39 Å². The Morgan fingerprint density at radius 2 is 1.55 bits per heavy atom. The number of nitrogens with zero attached hydrogens (tertiary/aromatic N) is 1. The molecule has 0 fully saturated rings. The molecule has 4 nitrogen and oxygen atoms in total. The van der Waals surface area contributed by atoms with Gasteiger partial charge in [-0.05, 0) is 43.3 Å². The third-order valence-corrected chi connectivity index (χ3v) is 4.48. The lowest BCUT2D eigenvalue weighted by Crippen LogP contribution is -2.36. The number of rotatable bonds is 3. The summed E-state index contributed by atoms with van der Waals surface area (Å²) in [5.41, 5.74) is 1.57. The molecule has 0 saturated heterocycles. The van der Waals surface area contributed by atoms with Gasteiger partial charge in [-0.3, -0.25) is 4.58 Å². The van der Waals surface area contributed by atoms with Gasteiger partial charge in [0.2, 0.25) is 0 Å². The van der Waals surface area contributed by atoms with Crippen molar-refractivity contribution in [3.63, 3.8) is 0 Å². The fraction of sp³-hybridized carbons (Fsp3) is 0.188. The molecule has 0 bridgehead atoms. The van der Waals surface area contributed by atoms with E-state index in [4.69, 9.17) is 0 Å². The Bertz CT molecular complexity index is 791. The van der Waals surface area contributed by atoms with Crippen LogP contribution < -0.4 is 4.72 Å². The van der Waals surface area contributed by atoms with Crippen molar-refractivity contribution in [2.45, 2.75) is 11.8 Å². The molecule has 6 heteroatoms. The topological polar surface area (TPSA) is 49.2 Å². The van der Waals surface area contributed by atoms with Crippen LogP contribution in [0.5, 0.6) is 0 Å². The molecule has 0 saturated carbocycles.